The van der Waals surface area contributed by atoms with Gasteiger partial charge in [-0.15, -0.1) is 24.0 Å². The molecule has 3 N–H and O–H groups in total. The molecule has 2 aromatic carbocycles. The SMILES string of the molecule is CCNC(=NCc1ccc(OC)c(OC)c1)NCc1cc2ccccc2[nH]1.I. The van der Waals surface area contributed by atoms with Crippen molar-refractivity contribution in [2.24, 2.45) is 4.99 Å². The number of rotatable bonds is 7. The third-order valence-electron chi connectivity index (χ3n) is 4.24. The number of nitrogens with zero attached hydrogens (tertiary/aromatic N) is 1. The van der Waals surface area contributed by atoms with E-state index in [1.807, 2.05) is 30.3 Å². The fourth-order valence-corrected chi connectivity index (χ4v) is 2.90. The lowest BCUT2D eigenvalue weighted by atomic mass is 10.2. The Kier molecular flexibility index (Phi) is 8.43. The van der Waals surface area contributed by atoms with E-state index in [4.69, 9.17) is 9.47 Å². The molecule has 1 aromatic heterocycles. The van der Waals surface area contributed by atoms with Gasteiger partial charge in [0.05, 0.1) is 27.3 Å². The number of methoxy groups -OCH3 is 2. The molecule has 0 aliphatic carbocycles. The number of para-hydroxylation sites is 1. The number of H-pyrrole nitrogens is 1. The number of ether oxygens (including phenoxy) is 2. The van der Waals surface area contributed by atoms with Gasteiger partial charge in [0.15, 0.2) is 17.5 Å². The summed E-state index contributed by atoms with van der Waals surface area (Å²) in [5.74, 6) is 2.20. The maximum atomic E-state index is 5.36. The summed E-state index contributed by atoms with van der Waals surface area (Å²) in [6.45, 7) is 4.07. The molecule has 28 heavy (non-hydrogen) atoms. The van der Waals surface area contributed by atoms with E-state index in [2.05, 4.69) is 45.7 Å². The van der Waals surface area contributed by atoms with Crippen LogP contribution in [0.5, 0.6) is 11.5 Å². The summed E-state index contributed by atoms with van der Waals surface area (Å²) in [5.41, 5.74) is 3.31. The highest BCUT2D eigenvalue weighted by Crippen LogP contribution is 2.27. The normalized spacial score (nSPS) is 11.0. The second-order valence-electron chi connectivity index (χ2n) is 6.12. The molecule has 0 amide bonds. The van der Waals surface area contributed by atoms with Crippen LogP contribution in [0.4, 0.5) is 0 Å². The predicted octanol–water partition coefficient (Wildman–Crippen LogP) is 4.06. The third kappa shape index (κ3) is 5.54. The second-order valence-corrected chi connectivity index (χ2v) is 6.12. The molecule has 3 rings (SSSR count). The Hall–Kier alpha value is -2.42. The Morgan fingerprint density at radius 1 is 1.00 bits per heavy atom. The van der Waals surface area contributed by atoms with E-state index < -0.39 is 0 Å². The van der Waals surface area contributed by atoms with Gasteiger partial charge in [0.1, 0.15) is 0 Å². The Bertz CT molecular complexity index is 891. The van der Waals surface area contributed by atoms with Crippen LogP contribution in [0.15, 0.2) is 53.5 Å². The first kappa shape index (κ1) is 21.9. The van der Waals surface area contributed by atoms with Crippen LogP contribution in [0.3, 0.4) is 0 Å². The molecule has 0 aliphatic heterocycles. The zero-order valence-corrected chi connectivity index (χ0v) is 18.7. The molecule has 0 unspecified atom stereocenters. The van der Waals surface area contributed by atoms with E-state index in [9.17, 15) is 0 Å². The fraction of sp³-hybridized carbons (Fsp3) is 0.286. The lowest BCUT2D eigenvalue weighted by Crippen LogP contribution is -2.36. The molecule has 0 fully saturated rings. The van der Waals surface area contributed by atoms with Crippen LogP contribution in [0.2, 0.25) is 0 Å². The minimum absolute atomic E-state index is 0. The fourth-order valence-electron chi connectivity index (χ4n) is 2.90. The Balaban J connectivity index is 0.00000280. The molecule has 0 radical (unpaired) electrons. The topological polar surface area (TPSA) is 70.7 Å². The van der Waals surface area contributed by atoms with Crippen molar-refractivity contribution in [3.8, 4) is 11.5 Å². The Morgan fingerprint density at radius 2 is 1.79 bits per heavy atom. The molecule has 6 nitrogen and oxygen atoms in total. The second kappa shape index (κ2) is 10.8. The number of guanidine groups is 1. The van der Waals surface area contributed by atoms with Crippen LogP contribution < -0.4 is 20.1 Å². The minimum atomic E-state index is 0. The molecular weight excluding hydrogens is 467 g/mol. The summed E-state index contributed by atoms with van der Waals surface area (Å²) in [5, 5.41) is 7.86. The molecule has 0 bridgehead atoms. The van der Waals surface area contributed by atoms with Gasteiger partial charge in [-0.1, -0.05) is 24.3 Å². The highest BCUT2D eigenvalue weighted by Gasteiger charge is 2.05. The third-order valence-corrected chi connectivity index (χ3v) is 4.24. The predicted molar refractivity (Wildman–Crippen MR) is 125 cm³/mol. The van der Waals surface area contributed by atoms with Crippen LogP contribution in [-0.2, 0) is 13.1 Å². The van der Waals surface area contributed by atoms with Gasteiger partial charge < -0.3 is 25.1 Å². The minimum Gasteiger partial charge on any atom is -0.493 e. The number of aromatic amines is 1. The first-order chi connectivity index (χ1) is 13.2. The van der Waals surface area contributed by atoms with Gasteiger partial charge in [-0.3, -0.25) is 0 Å². The molecule has 0 saturated heterocycles. The largest absolute Gasteiger partial charge is 0.493 e. The molecular formula is C21H27IN4O2. The maximum absolute atomic E-state index is 5.36. The first-order valence-electron chi connectivity index (χ1n) is 9.03. The average Bonchev–Trinajstić information content (AvgIpc) is 3.12. The Labute approximate surface area is 182 Å². The van der Waals surface area contributed by atoms with E-state index in [0.717, 1.165) is 29.3 Å². The number of fused-ring (bicyclic) bond motifs is 1. The van der Waals surface area contributed by atoms with Crippen LogP contribution in [0.1, 0.15) is 18.2 Å². The molecule has 150 valence electrons. The van der Waals surface area contributed by atoms with Crippen molar-refractivity contribution in [2.45, 2.75) is 20.0 Å². The zero-order valence-electron chi connectivity index (χ0n) is 16.4. The van der Waals surface area contributed by atoms with E-state index in [-0.39, 0.29) is 24.0 Å². The number of aliphatic imine (C=N–C) groups is 1. The van der Waals surface area contributed by atoms with Gasteiger partial charge in [0, 0.05) is 17.8 Å². The van der Waals surface area contributed by atoms with Gasteiger partial charge in [-0.05, 0) is 42.1 Å². The van der Waals surface area contributed by atoms with Crippen molar-refractivity contribution in [3.05, 3.63) is 59.8 Å². The zero-order chi connectivity index (χ0) is 19.1. The van der Waals surface area contributed by atoms with Crippen LogP contribution in [-0.4, -0.2) is 31.7 Å². The smallest absolute Gasteiger partial charge is 0.191 e. The van der Waals surface area contributed by atoms with Crippen LogP contribution in [0, 0.1) is 0 Å². The van der Waals surface area contributed by atoms with Gasteiger partial charge in [0.2, 0.25) is 0 Å². The molecule has 3 aromatic rings. The highest BCUT2D eigenvalue weighted by atomic mass is 127. The van der Waals surface area contributed by atoms with Crippen molar-refractivity contribution >= 4 is 40.8 Å². The van der Waals surface area contributed by atoms with E-state index >= 15 is 0 Å². The summed E-state index contributed by atoms with van der Waals surface area (Å²) in [4.78, 5) is 8.09. The van der Waals surface area contributed by atoms with E-state index in [0.29, 0.717) is 24.6 Å². The highest BCUT2D eigenvalue weighted by molar-refractivity contribution is 14.0. The van der Waals surface area contributed by atoms with Gasteiger partial charge >= 0.3 is 0 Å². The van der Waals surface area contributed by atoms with Crippen molar-refractivity contribution in [3.63, 3.8) is 0 Å². The van der Waals surface area contributed by atoms with Gasteiger partial charge in [-0.25, -0.2) is 4.99 Å². The van der Waals surface area contributed by atoms with Crippen LogP contribution >= 0.6 is 24.0 Å². The number of benzene rings is 2. The average molecular weight is 494 g/mol. The summed E-state index contributed by atoms with van der Waals surface area (Å²) >= 11 is 0. The summed E-state index contributed by atoms with van der Waals surface area (Å²) in [7, 11) is 3.27. The lowest BCUT2D eigenvalue weighted by Gasteiger charge is -2.11. The van der Waals surface area contributed by atoms with E-state index in [1.54, 1.807) is 14.2 Å². The Morgan fingerprint density at radius 3 is 2.50 bits per heavy atom. The molecule has 0 spiro atoms. The molecule has 0 aliphatic rings. The van der Waals surface area contributed by atoms with Gasteiger partial charge in [0.25, 0.3) is 0 Å². The van der Waals surface area contributed by atoms with Crippen molar-refractivity contribution in [2.75, 3.05) is 20.8 Å². The van der Waals surface area contributed by atoms with Crippen LogP contribution in [0.25, 0.3) is 10.9 Å². The molecule has 0 saturated carbocycles. The monoisotopic (exact) mass is 494 g/mol. The molecule has 1 heterocycles. The standard InChI is InChI=1S/C21H26N4O2.HI/c1-4-22-21(23-13-15-9-10-19(26-2)20(11-15)27-3)24-14-17-12-16-7-5-6-8-18(16)25-17;/h5-12,25H,4,13-14H2,1-3H3,(H2,22,23,24);1H. The summed E-state index contributed by atoms with van der Waals surface area (Å²) in [6, 6.07) is 16.2. The summed E-state index contributed by atoms with van der Waals surface area (Å²) in [6.07, 6.45) is 0. The molecule has 7 heteroatoms. The lowest BCUT2D eigenvalue weighted by molar-refractivity contribution is 0.354. The van der Waals surface area contributed by atoms with Crippen molar-refractivity contribution in [1.82, 2.24) is 15.6 Å². The number of hydrogen-bond acceptors (Lipinski definition) is 3. The molecule has 0 atom stereocenters. The van der Waals surface area contributed by atoms with Crippen molar-refractivity contribution < 1.29 is 9.47 Å². The number of hydrogen-bond donors (Lipinski definition) is 3. The quantitative estimate of drug-likeness (QED) is 0.263. The van der Waals surface area contributed by atoms with Gasteiger partial charge in [-0.2, -0.15) is 0 Å². The maximum Gasteiger partial charge on any atom is 0.191 e. The first-order valence-corrected chi connectivity index (χ1v) is 9.03. The summed E-state index contributed by atoms with van der Waals surface area (Å²) < 4.78 is 10.6. The number of nitrogens with one attached hydrogen (secondary N) is 3. The van der Waals surface area contributed by atoms with Crippen molar-refractivity contribution in [1.29, 1.82) is 0 Å². The number of halogens is 1. The number of aromatic nitrogens is 1. The van der Waals surface area contributed by atoms with E-state index in [1.165, 1.54) is 5.39 Å².